The molecule has 0 saturated carbocycles. The Balaban J connectivity index is 2.09. The van der Waals surface area contributed by atoms with Gasteiger partial charge in [0, 0.05) is 12.8 Å². The Morgan fingerprint density at radius 1 is 0.815 bits per heavy atom. The van der Waals surface area contributed by atoms with Crippen LogP contribution in [0.25, 0.3) is 0 Å². The molecule has 0 N–H and O–H groups in total. The lowest BCUT2D eigenvalue weighted by molar-refractivity contribution is -0.131. The smallest absolute Gasteiger partial charge is 0.308 e. The largest absolute Gasteiger partial charge is 0.497 e. The summed E-state index contributed by atoms with van der Waals surface area (Å²) in [6.45, 7) is 3.67. The van der Waals surface area contributed by atoms with Crippen molar-refractivity contribution in [2.75, 3.05) is 7.11 Å². The van der Waals surface area contributed by atoms with Crippen molar-refractivity contribution in [3.8, 4) is 11.5 Å². The van der Waals surface area contributed by atoms with Crippen molar-refractivity contribution in [2.24, 2.45) is 0 Å². The zero-order valence-electron chi connectivity index (χ0n) is 16.9. The maximum atomic E-state index is 11.1. The highest BCUT2D eigenvalue weighted by atomic mass is 16.5. The molecule has 0 radical (unpaired) electrons. The van der Waals surface area contributed by atoms with E-state index >= 15 is 0 Å². The third-order valence-electron chi connectivity index (χ3n) is 4.91. The number of rotatable bonds is 11. The first-order chi connectivity index (χ1) is 13.1. The van der Waals surface area contributed by atoms with E-state index in [1.807, 2.05) is 24.3 Å². The van der Waals surface area contributed by atoms with Crippen LogP contribution < -0.4 is 9.47 Å². The van der Waals surface area contributed by atoms with Gasteiger partial charge in [0.15, 0.2) is 0 Å². The van der Waals surface area contributed by atoms with Gasteiger partial charge in [-0.15, -0.1) is 0 Å². The summed E-state index contributed by atoms with van der Waals surface area (Å²) in [5.74, 6) is 1.52. The number of unbranched alkanes of at least 4 members (excludes halogenated alkanes) is 5. The van der Waals surface area contributed by atoms with Crippen LogP contribution in [-0.4, -0.2) is 13.1 Å². The third kappa shape index (κ3) is 7.09. The summed E-state index contributed by atoms with van der Waals surface area (Å²) >= 11 is 0. The van der Waals surface area contributed by atoms with Gasteiger partial charge in [0.05, 0.1) is 7.11 Å². The lowest BCUT2D eigenvalue weighted by Crippen LogP contribution is -2.04. The maximum Gasteiger partial charge on any atom is 0.308 e. The summed E-state index contributed by atoms with van der Waals surface area (Å²) in [7, 11) is 1.69. The number of esters is 1. The molecule has 2 rings (SSSR count). The fraction of sp³-hybridized carbons (Fsp3) is 0.458. The Bertz CT molecular complexity index is 674. The summed E-state index contributed by atoms with van der Waals surface area (Å²) in [6, 6.07) is 16.3. The number of hydrogen-bond donors (Lipinski definition) is 0. The van der Waals surface area contributed by atoms with Crippen LogP contribution in [-0.2, 0) is 4.79 Å². The summed E-state index contributed by atoms with van der Waals surface area (Å²) in [5, 5.41) is 0. The van der Waals surface area contributed by atoms with E-state index in [9.17, 15) is 4.79 Å². The standard InChI is InChI=1S/C24H32O3/c1-4-5-6-7-8-9-10-24(20-11-15-22(26-3)16-12-20)21-13-17-23(18-14-21)27-19(2)25/h11-18,24H,4-10H2,1-3H3. The summed E-state index contributed by atoms with van der Waals surface area (Å²) in [6.07, 6.45) is 8.87. The van der Waals surface area contributed by atoms with Crippen molar-refractivity contribution in [3.05, 3.63) is 59.7 Å². The van der Waals surface area contributed by atoms with E-state index in [1.54, 1.807) is 7.11 Å². The second kappa shape index (κ2) is 11.4. The Morgan fingerprint density at radius 2 is 1.33 bits per heavy atom. The zero-order chi connectivity index (χ0) is 19.5. The normalized spacial score (nSPS) is 11.8. The average molecular weight is 369 g/mol. The molecule has 0 aliphatic heterocycles. The molecule has 3 heteroatoms. The van der Waals surface area contributed by atoms with Gasteiger partial charge in [-0.2, -0.15) is 0 Å². The molecule has 1 atom stereocenters. The van der Waals surface area contributed by atoms with Gasteiger partial charge < -0.3 is 9.47 Å². The lowest BCUT2D eigenvalue weighted by Gasteiger charge is -2.19. The van der Waals surface area contributed by atoms with E-state index in [0.717, 1.165) is 12.2 Å². The number of benzene rings is 2. The predicted molar refractivity (Wildman–Crippen MR) is 111 cm³/mol. The molecule has 0 amide bonds. The van der Waals surface area contributed by atoms with Crippen molar-refractivity contribution in [2.45, 2.75) is 64.7 Å². The number of ether oxygens (including phenoxy) is 2. The SMILES string of the molecule is CCCCCCCCC(c1ccc(OC)cc1)c1ccc(OC(C)=O)cc1. The molecule has 0 bridgehead atoms. The van der Waals surface area contributed by atoms with Crippen molar-refractivity contribution in [1.29, 1.82) is 0 Å². The van der Waals surface area contributed by atoms with Gasteiger partial charge in [0.25, 0.3) is 0 Å². The van der Waals surface area contributed by atoms with Crippen molar-refractivity contribution in [1.82, 2.24) is 0 Å². The molecule has 0 saturated heterocycles. The van der Waals surface area contributed by atoms with E-state index in [2.05, 4.69) is 31.2 Å². The molecule has 0 spiro atoms. The molecule has 2 aromatic carbocycles. The lowest BCUT2D eigenvalue weighted by atomic mass is 9.86. The predicted octanol–water partition coefficient (Wildman–Crippen LogP) is 6.50. The zero-order valence-corrected chi connectivity index (χ0v) is 16.9. The molecule has 146 valence electrons. The molecule has 27 heavy (non-hydrogen) atoms. The Kier molecular flexibility index (Phi) is 8.90. The fourth-order valence-corrected chi connectivity index (χ4v) is 3.42. The van der Waals surface area contributed by atoms with Gasteiger partial charge in [0.1, 0.15) is 11.5 Å². The topological polar surface area (TPSA) is 35.5 Å². The van der Waals surface area contributed by atoms with Crippen LogP contribution in [0, 0.1) is 0 Å². The Labute approximate surface area is 163 Å². The van der Waals surface area contributed by atoms with Gasteiger partial charge in [-0.3, -0.25) is 4.79 Å². The number of carbonyl (C=O) groups excluding carboxylic acids is 1. The molecule has 2 aromatic rings. The van der Waals surface area contributed by atoms with E-state index in [-0.39, 0.29) is 5.97 Å². The minimum atomic E-state index is -0.290. The molecule has 0 fully saturated rings. The van der Waals surface area contributed by atoms with E-state index in [4.69, 9.17) is 9.47 Å². The highest BCUT2D eigenvalue weighted by Gasteiger charge is 2.14. The van der Waals surface area contributed by atoms with Crippen LogP contribution in [0.15, 0.2) is 48.5 Å². The molecule has 1 unspecified atom stereocenters. The van der Waals surface area contributed by atoms with E-state index in [1.165, 1.54) is 56.6 Å². The number of hydrogen-bond acceptors (Lipinski definition) is 3. The Morgan fingerprint density at radius 3 is 1.85 bits per heavy atom. The number of carbonyl (C=O) groups is 1. The van der Waals surface area contributed by atoms with Crippen molar-refractivity contribution >= 4 is 5.97 Å². The summed E-state index contributed by atoms with van der Waals surface area (Å²) in [5.41, 5.74) is 2.55. The van der Waals surface area contributed by atoms with Crippen LogP contribution in [0.4, 0.5) is 0 Å². The van der Waals surface area contributed by atoms with Gasteiger partial charge >= 0.3 is 5.97 Å². The highest BCUT2D eigenvalue weighted by Crippen LogP contribution is 2.32. The van der Waals surface area contributed by atoms with Gasteiger partial charge in [-0.1, -0.05) is 69.7 Å². The van der Waals surface area contributed by atoms with Crippen molar-refractivity contribution in [3.63, 3.8) is 0 Å². The summed E-state index contributed by atoms with van der Waals surface area (Å²) < 4.78 is 10.5. The highest BCUT2D eigenvalue weighted by molar-refractivity contribution is 5.69. The van der Waals surface area contributed by atoms with Gasteiger partial charge in [0.2, 0.25) is 0 Å². The molecular formula is C24H32O3. The molecule has 0 aliphatic carbocycles. The van der Waals surface area contributed by atoms with Gasteiger partial charge in [-0.25, -0.2) is 0 Å². The van der Waals surface area contributed by atoms with Crippen LogP contribution in [0.2, 0.25) is 0 Å². The minimum Gasteiger partial charge on any atom is -0.497 e. The second-order valence-electron chi connectivity index (χ2n) is 7.04. The molecule has 0 aliphatic rings. The number of methoxy groups -OCH3 is 1. The van der Waals surface area contributed by atoms with Gasteiger partial charge in [-0.05, 0) is 41.8 Å². The quantitative estimate of drug-likeness (QED) is 0.258. The van der Waals surface area contributed by atoms with Crippen molar-refractivity contribution < 1.29 is 14.3 Å². The first-order valence-corrected chi connectivity index (χ1v) is 10.1. The molecule has 0 heterocycles. The minimum absolute atomic E-state index is 0.290. The van der Waals surface area contributed by atoms with Crippen LogP contribution >= 0.6 is 0 Å². The second-order valence-corrected chi connectivity index (χ2v) is 7.04. The maximum absolute atomic E-state index is 11.1. The average Bonchev–Trinajstić information content (AvgIpc) is 2.68. The molecule has 0 aromatic heterocycles. The van der Waals surface area contributed by atoms with E-state index in [0.29, 0.717) is 11.7 Å². The summed E-state index contributed by atoms with van der Waals surface area (Å²) in [4.78, 5) is 11.1. The van der Waals surface area contributed by atoms with Crippen LogP contribution in [0.1, 0.15) is 75.8 Å². The van der Waals surface area contributed by atoms with E-state index < -0.39 is 0 Å². The monoisotopic (exact) mass is 368 g/mol. The van der Waals surface area contributed by atoms with Crippen LogP contribution in [0.5, 0.6) is 11.5 Å². The first-order valence-electron chi connectivity index (χ1n) is 10.1. The first kappa shape index (κ1) is 21.0. The third-order valence-corrected chi connectivity index (χ3v) is 4.91. The Hall–Kier alpha value is -2.29. The fourth-order valence-electron chi connectivity index (χ4n) is 3.42. The molecular weight excluding hydrogens is 336 g/mol. The molecule has 3 nitrogen and oxygen atoms in total. The van der Waals surface area contributed by atoms with Crippen LogP contribution in [0.3, 0.4) is 0 Å².